The van der Waals surface area contributed by atoms with Gasteiger partial charge in [0, 0.05) is 0 Å². The Balaban J connectivity index is 3.16. The first-order valence-corrected chi connectivity index (χ1v) is 3.75. The number of unbranched alkanes of at least 4 members (excludes halogenated alkanes) is 1. The summed E-state index contributed by atoms with van der Waals surface area (Å²) in [5, 5.41) is 17.3. The lowest BCUT2D eigenvalue weighted by atomic mass is 10.2. The van der Waals surface area contributed by atoms with Crippen LogP contribution in [0.3, 0.4) is 0 Å². The molecule has 0 bridgehead atoms. The maximum Gasteiger partial charge on any atom is 0.0805 e. The van der Waals surface area contributed by atoms with Gasteiger partial charge in [-0.25, -0.2) is 0 Å². The van der Waals surface area contributed by atoms with E-state index in [0.717, 1.165) is 12.8 Å². The predicted molar refractivity (Wildman–Crippen MR) is 41.8 cm³/mol. The Labute approximate surface area is 62.2 Å². The van der Waals surface area contributed by atoms with Crippen molar-refractivity contribution in [2.24, 2.45) is 0 Å². The minimum Gasteiger partial charge on any atom is -0.394 e. The Morgan fingerprint density at radius 2 is 2.10 bits per heavy atom. The highest BCUT2D eigenvalue weighted by Crippen LogP contribution is 1.94. The summed E-state index contributed by atoms with van der Waals surface area (Å²) in [5.74, 6) is 0. The molecule has 0 aromatic heterocycles. The smallest absolute Gasteiger partial charge is 0.0805 e. The lowest BCUT2D eigenvalue weighted by molar-refractivity contribution is 0.0975. The summed E-state index contributed by atoms with van der Waals surface area (Å²) in [4.78, 5) is 0. The summed E-state index contributed by atoms with van der Waals surface area (Å²) < 4.78 is 0. The van der Waals surface area contributed by atoms with Gasteiger partial charge in [0.1, 0.15) is 0 Å². The summed E-state index contributed by atoms with van der Waals surface area (Å²) in [6.45, 7) is 1.96. The van der Waals surface area contributed by atoms with E-state index in [1.54, 1.807) is 0 Å². The maximum atomic E-state index is 8.86. The van der Waals surface area contributed by atoms with Crippen LogP contribution in [0.5, 0.6) is 0 Å². The Hall–Kier alpha value is -0.340. The summed E-state index contributed by atoms with van der Waals surface area (Å²) >= 11 is 0. The minimum absolute atomic E-state index is 0.142. The van der Waals surface area contributed by atoms with Crippen molar-refractivity contribution < 1.29 is 10.2 Å². The van der Waals surface area contributed by atoms with E-state index in [-0.39, 0.29) is 6.61 Å². The number of aliphatic hydroxyl groups excluding tert-OH is 2. The average Bonchev–Trinajstić information content (AvgIpc) is 1.98. The van der Waals surface area contributed by atoms with Crippen LogP contribution < -0.4 is 0 Å². The van der Waals surface area contributed by atoms with E-state index in [4.69, 9.17) is 10.2 Å². The molecule has 1 atom stereocenters. The second-order valence-electron chi connectivity index (χ2n) is 2.33. The molecule has 0 fully saturated rings. The van der Waals surface area contributed by atoms with E-state index < -0.39 is 6.10 Å². The molecule has 0 aliphatic heterocycles. The molecular weight excluding hydrogens is 128 g/mol. The third kappa shape index (κ3) is 5.79. The first-order chi connectivity index (χ1) is 4.81. The van der Waals surface area contributed by atoms with E-state index in [2.05, 4.69) is 6.92 Å². The fourth-order valence-corrected chi connectivity index (χ4v) is 0.612. The molecule has 0 radical (unpaired) electrons. The highest BCUT2D eigenvalue weighted by Gasteiger charge is 1.95. The molecular formula is C8H16O2. The second kappa shape index (κ2) is 6.78. The highest BCUT2D eigenvalue weighted by atomic mass is 16.3. The molecule has 0 aliphatic carbocycles. The molecule has 2 N–H and O–H groups in total. The predicted octanol–water partition coefficient (Wildman–Crippen LogP) is 1.09. The molecule has 0 unspecified atom stereocenters. The van der Waals surface area contributed by atoms with Gasteiger partial charge in [0.15, 0.2) is 0 Å². The van der Waals surface area contributed by atoms with Crippen LogP contribution >= 0.6 is 0 Å². The zero-order valence-corrected chi connectivity index (χ0v) is 6.45. The van der Waals surface area contributed by atoms with Crippen molar-refractivity contribution in [1.82, 2.24) is 0 Å². The van der Waals surface area contributed by atoms with Gasteiger partial charge in [-0.1, -0.05) is 25.5 Å². The standard InChI is InChI=1S/C8H16O2/c1-2-3-4-5-6-8(10)7-9/h4-5,8-10H,2-3,6-7H2,1H3/b5-4+/t8-/m0/s1. The lowest BCUT2D eigenvalue weighted by Gasteiger charge is -2.00. The summed E-state index contributed by atoms with van der Waals surface area (Å²) in [6, 6.07) is 0. The molecule has 0 heterocycles. The van der Waals surface area contributed by atoms with Crippen LogP contribution in [0, 0.1) is 0 Å². The second-order valence-corrected chi connectivity index (χ2v) is 2.33. The van der Waals surface area contributed by atoms with Crippen molar-refractivity contribution in [3.8, 4) is 0 Å². The van der Waals surface area contributed by atoms with Gasteiger partial charge in [0.25, 0.3) is 0 Å². The summed E-state index contributed by atoms with van der Waals surface area (Å²) in [5.41, 5.74) is 0. The van der Waals surface area contributed by atoms with E-state index in [9.17, 15) is 0 Å². The van der Waals surface area contributed by atoms with Crippen LogP contribution in [0.2, 0.25) is 0 Å². The Morgan fingerprint density at radius 3 is 2.60 bits per heavy atom. The number of allylic oxidation sites excluding steroid dienone is 1. The molecule has 0 spiro atoms. The van der Waals surface area contributed by atoms with Crippen LogP contribution in [0.15, 0.2) is 12.2 Å². The molecule has 0 rings (SSSR count). The Kier molecular flexibility index (Phi) is 6.55. The number of rotatable bonds is 5. The Morgan fingerprint density at radius 1 is 1.40 bits per heavy atom. The van der Waals surface area contributed by atoms with E-state index in [1.165, 1.54) is 0 Å². The van der Waals surface area contributed by atoms with Crippen LogP contribution in [-0.4, -0.2) is 22.9 Å². The van der Waals surface area contributed by atoms with Crippen LogP contribution in [-0.2, 0) is 0 Å². The van der Waals surface area contributed by atoms with E-state index in [0.29, 0.717) is 6.42 Å². The quantitative estimate of drug-likeness (QED) is 0.567. The lowest BCUT2D eigenvalue weighted by Crippen LogP contribution is -2.09. The topological polar surface area (TPSA) is 40.5 Å². The molecule has 0 aromatic carbocycles. The number of aliphatic hydroxyl groups is 2. The fourth-order valence-electron chi connectivity index (χ4n) is 0.612. The zero-order chi connectivity index (χ0) is 7.82. The Bertz CT molecular complexity index is 89.3. The number of hydrogen-bond donors (Lipinski definition) is 2. The van der Waals surface area contributed by atoms with E-state index in [1.807, 2.05) is 12.2 Å². The van der Waals surface area contributed by atoms with Crippen molar-refractivity contribution in [2.45, 2.75) is 32.3 Å². The third-order valence-electron chi connectivity index (χ3n) is 1.24. The molecule has 60 valence electrons. The van der Waals surface area contributed by atoms with Crippen molar-refractivity contribution in [2.75, 3.05) is 6.61 Å². The minimum atomic E-state index is -0.576. The summed E-state index contributed by atoms with van der Waals surface area (Å²) in [7, 11) is 0. The summed E-state index contributed by atoms with van der Waals surface area (Å²) in [6.07, 6.45) is 6.11. The van der Waals surface area contributed by atoms with Gasteiger partial charge < -0.3 is 10.2 Å². The molecule has 2 heteroatoms. The van der Waals surface area contributed by atoms with Crippen molar-refractivity contribution in [3.63, 3.8) is 0 Å². The zero-order valence-electron chi connectivity index (χ0n) is 6.45. The van der Waals surface area contributed by atoms with Gasteiger partial charge in [0.05, 0.1) is 12.7 Å². The van der Waals surface area contributed by atoms with Gasteiger partial charge >= 0.3 is 0 Å². The van der Waals surface area contributed by atoms with Gasteiger partial charge in [-0.3, -0.25) is 0 Å². The van der Waals surface area contributed by atoms with Gasteiger partial charge in [0.2, 0.25) is 0 Å². The first kappa shape index (κ1) is 9.66. The maximum absolute atomic E-state index is 8.86. The number of hydrogen-bond acceptors (Lipinski definition) is 2. The van der Waals surface area contributed by atoms with Gasteiger partial charge in [-0.15, -0.1) is 0 Å². The normalized spacial score (nSPS) is 14.3. The molecule has 2 nitrogen and oxygen atoms in total. The van der Waals surface area contributed by atoms with Crippen molar-refractivity contribution in [3.05, 3.63) is 12.2 Å². The first-order valence-electron chi connectivity index (χ1n) is 3.75. The third-order valence-corrected chi connectivity index (χ3v) is 1.24. The molecule has 10 heavy (non-hydrogen) atoms. The SMILES string of the molecule is CCC/C=C/C[C@H](O)CO. The molecule has 0 saturated carbocycles. The van der Waals surface area contributed by atoms with Gasteiger partial charge in [-0.05, 0) is 12.8 Å². The fraction of sp³-hybridized carbons (Fsp3) is 0.750. The van der Waals surface area contributed by atoms with Crippen LogP contribution in [0.1, 0.15) is 26.2 Å². The van der Waals surface area contributed by atoms with E-state index >= 15 is 0 Å². The van der Waals surface area contributed by atoms with Crippen molar-refractivity contribution >= 4 is 0 Å². The highest BCUT2D eigenvalue weighted by molar-refractivity contribution is 4.83. The monoisotopic (exact) mass is 144 g/mol. The van der Waals surface area contributed by atoms with Crippen molar-refractivity contribution in [1.29, 1.82) is 0 Å². The van der Waals surface area contributed by atoms with Crippen LogP contribution in [0.4, 0.5) is 0 Å². The molecule has 0 saturated heterocycles. The molecule has 0 aromatic rings. The van der Waals surface area contributed by atoms with Crippen LogP contribution in [0.25, 0.3) is 0 Å². The largest absolute Gasteiger partial charge is 0.394 e. The molecule has 0 amide bonds. The average molecular weight is 144 g/mol. The molecule has 0 aliphatic rings. The van der Waals surface area contributed by atoms with Gasteiger partial charge in [-0.2, -0.15) is 0 Å².